The number of halogens is 1. The quantitative estimate of drug-likeness (QED) is 0.672. The fraction of sp³-hybridized carbons (Fsp3) is 0.125. The molecule has 3 nitrogen and oxygen atoms in total. The summed E-state index contributed by atoms with van der Waals surface area (Å²) in [5.41, 5.74) is 5.51. The number of nitrogens with zero attached hydrogens (tertiary/aromatic N) is 3. The van der Waals surface area contributed by atoms with Crippen molar-refractivity contribution in [2.24, 2.45) is 0 Å². The minimum absolute atomic E-state index is 0.454. The highest BCUT2D eigenvalue weighted by atomic mass is 35.5. The molecule has 3 rings (SSSR count). The lowest BCUT2D eigenvalue weighted by Crippen LogP contribution is -1.97. The predicted octanol–water partition coefficient (Wildman–Crippen LogP) is 4.17. The van der Waals surface area contributed by atoms with E-state index in [-0.39, 0.29) is 0 Å². The Labute approximate surface area is 122 Å². The van der Waals surface area contributed by atoms with Crippen LogP contribution in [0.2, 0.25) is 5.02 Å². The van der Waals surface area contributed by atoms with Crippen molar-refractivity contribution in [1.29, 1.82) is 5.26 Å². The molecule has 1 heterocycles. The summed E-state index contributed by atoms with van der Waals surface area (Å²) >= 11 is 6.10. The van der Waals surface area contributed by atoms with E-state index >= 15 is 0 Å². The molecular formula is C16H12ClN3. The van der Waals surface area contributed by atoms with Crippen molar-refractivity contribution in [2.75, 3.05) is 0 Å². The van der Waals surface area contributed by atoms with Gasteiger partial charge in [0.05, 0.1) is 27.3 Å². The number of nitriles is 1. The van der Waals surface area contributed by atoms with Crippen molar-refractivity contribution in [3.63, 3.8) is 0 Å². The second kappa shape index (κ2) is 4.66. The van der Waals surface area contributed by atoms with E-state index in [1.54, 1.807) is 12.4 Å². The van der Waals surface area contributed by atoms with E-state index in [1.165, 1.54) is 11.1 Å². The molecule has 0 aliphatic carbocycles. The summed E-state index contributed by atoms with van der Waals surface area (Å²) in [6.07, 6.45) is 1.73. The highest BCUT2D eigenvalue weighted by molar-refractivity contribution is 6.32. The molecular weight excluding hydrogens is 270 g/mol. The first kappa shape index (κ1) is 12.7. The van der Waals surface area contributed by atoms with Crippen molar-refractivity contribution in [2.45, 2.75) is 13.8 Å². The number of aromatic nitrogens is 2. The number of fused-ring (bicyclic) bond motifs is 1. The molecule has 0 saturated heterocycles. The van der Waals surface area contributed by atoms with Crippen LogP contribution in [0.4, 0.5) is 0 Å². The zero-order valence-corrected chi connectivity index (χ0v) is 11.9. The fourth-order valence-corrected chi connectivity index (χ4v) is 2.49. The Morgan fingerprint density at radius 1 is 1.20 bits per heavy atom. The van der Waals surface area contributed by atoms with Crippen LogP contribution in [0, 0.1) is 25.2 Å². The van der Waals surface area contributed by atoms with Crippen LogP contribution in [-0.4, -0.2) is 9.55 Å². The molecule has 2 aromatic carbocycles. The SMILES string of the molecule is Cc1cc2ncn(-c3cccc(Cl)c3C#N)c2cc1C. The van der Waals surface area contributed by atoms with E-state index in [4.69, 9.17) is 11.6 Å². The Morgan fingerprint density at radius 3 is 2.70 bits per heavy atom. The molecule has 0 fully saturated rings. The summed E-state index contributed by atoms with van der Waals surface area (Å²) < 4.78 is 1.91. The molecule has 0 N–H and O–H groups in total. The zero-order valence-electron chi connectivity index (χ0n) is 11.2. The first-order valence-corrected chi connectivity index (χ1v) is 6.63. The number of hydrogen-bond donors (Lipinski definition) is 0. The lowest BCUT2D eigenvalue weighted by atomic mass is 10.1. The second-order valence-corrected chi connectivity index (χ2v) is 5.19. The van der Waals surface area contributed by atoms with Gasteiger partial charge in [-0.15, -0.1) is 0 Å². The van der Waals surface area contributed by atoms with Crippen LogP contribution in [-0.2, 0) is 0 Å². The van der Waals surface area contributed by atoms with Crippen molar-refractivity contribution in [1.82, 2.24) is 9.55 Å². The molecule has 0 radical (unpaired) electrons. The van der Waals surface area contributed by atoms with Gasteiger partial charge in [0.25, 0.3) is 0 Å². The molecule has 0 saturated carbocycles. The summed E-state index contributed by atoms with van der Waals surface area (Å²) in [6.45, 7) is 4.13. The Bertz CT molecular complexity index is 856. The van der Waals surface area contributed by atoms with Crippen molar-refractivity contribution in [3.05, 3.63) is 58.4 Å². The van der Waals surface area contributed by atoms with E-state index in [0.717, 1.165) is 16.7 Å². The number of hydrogen-bond acceptors (Lipinski definition) is 2. The lowest BCUT2D eigenvalue weighted by Gasteiger charge is -2.08. The average molecular weight is 282 g/mol. The van der Waals surface area contributed by atoms with Gasteiger partial charge >= 0.3 is 0 Å². The summed E-state index contributed by atoms with van der Waals surface area (Å²) in [5.74, 6) is 0. The topological polar surface area (TPSA) is 41.6 Å². The molecule has 1 aromatic heterocycles. The van der Waals surface area contributed by atoms with Gasteiger partial charge in [0, 0.05) is 0 Å². The van der Waals surface area contributed by atoms with Gasteiger partial charge in [-0.1, -0.05) is 17.7 Å². The molecule has 0 atom stereocenters. The molecule has 0 aliphatic heterocycles. The van der Waals surface area contributed by atoms with Gasteiger partial charge in [-0.3, -0.25) is 4.57 Å². The van der Waals surface area contributed by atoms with Gasteiger partial charge in [0.1, 0.15) is 12.4 Å². The summed E-state index contributed by atoms with van der Waals surface area (Å²) in [4.78, 5) is 4.41. The van der Waals surface area contributed by atoms with E-state index < -0.39 is 0 Å². The molecule has 4 heteroatoms. The normalized spacial score (nSPS) is 10.7. The van der Waals surface area contributed by atoms with Crippen LogP contribution in [0.15, 0.2) is 36.7 Å². The van der Waals surface area contributed by atoms with Crippen molar-refractivity contribution < 1.29 is 0 Å². The number of benzene rings is 2. The van der Waals surface area contributed by atoms with Gasteiger partial charge in [-0.25, -0.2) is 4.98 Å². The zero-order chi connectivity index (χ0) is 14.3. The Morgan fingerprint density at radius 2 is 1.95 bits per heavy atom. The maximum absolute atomic E-state index is 9.30. The van der Waals surface area contributed by atoms with E-state index in [9.17, 15) is 5.26 Å². The smallest absolute Gasteiger partial charge is 0.103 e. The largest absolute Gasteiger partial charge is 0.297 e. The first-order chi connectivity index (χ1) is 9.61. The molecule has 0 bridgehead atoms. The van der Waals surface area contributed by atoms with Crippen LogP contribution in [0.25, 0.3) is 16.7 Å². The van der Waals surface area contributed by atoms with Crippen LogP contribution < -0.4 is 0 Å². The molecule has 0 unspecified atom stereocenters. The van der Waals surface area contributed by atoms with Gasteiger partial charge < -0.3 is 0 Å². The highest BCUT2D eigenvalue weighted by Gasteiger charge is 2.12. The molecule has 20 heavy (non-hydrogen) atoms. The summed E-state index contributed by atoms with van der Waals surface area (Å²) in [7, 11) is 0. The fourth-order valence-electron chi connectivity index (χ4n) is 2.28. The minimum atomic E-state index is 0.454. The van der Waals surface area contributed by atoms with Gasteiger partial charge in [0.15, 0.2) is 0 Å². The van der Waals surface area contributed by atoms with E-state index in [2.05, 4.69) is 37.0 Å². The van der Waals surface area contributed by atoms with Crippen molar-refractivity contribution >= 4 is 22.6 Å². The van der Waals surface area contributed by atoms with Crippen LogP contribution in [0.3, 0.4) is 0 Å². The van der Waals surface area contributed by atoms with Crippen LogP contribution >= 0.6 is 11.6 Å². The summed E-state index contributed by atoms with van der Waals surface area (Å²) in [6, 6.07) is 11.7. The van der Waals surface area contributed by atoms with E-state index in [1.807, 2.05) is 16.7 Å². The Balaban J connectivity index is 2.34. The monoisotopic (exact) mass is 281 g/mol. The standard InChI is InChI=1S/C16H12ClN3/c1-10-6-14-16(7-11(10)2)20(9-19-14)15-5-3-4-13(17)12(15)8-18/h3-7,9H,1-2H3. The molecule has 3 aromatic rings. The average Bonchev–Trinajstić information content (AvgIpc) is 2.81. The third-order valence-corrected chi connectivity index (χ3v) is 3.84. The van der Waals surface area contributed by atoms with Gasteiger partial charge in [0.2, 0.25) is 0 Å². The lowest BCUT2D eigenvalue weighted by molar-refractivity contribution is 1.08. The van der Waals surface area contributed by atoms with Gasteiger partial charge in [-0.05, 0) is 49.2 Å². The highest BCUT2D eigenvalue weighted by Crippen LogP contribution is 2.27. The third-order valence-electron chi connectivity index (χ3n) is 3.53. The van der Waals surface area contributed by atoms with E-state index in [0.29, 0.717) is 10.6 Å². The maximum Gasteiger partial charge on any atom is 0.103 e. The Kier molecular flexibility index (Phi) is 2.96. The molecule has 0 aliphatic rings. The maximum atomic E-state index is 9.30. The molecule has 0 spiro atoms. The Hall–Kier alpha value is -2.31. The molecule has 0 amide bonds. The second-order valence-electron chi connectivity index (χ2n) is 4.79. The minimum Gasteiger partial charge on any atom is -0.297 e. The number of rotatable bonds is 1. The number of aryl methyl sites for hydroxylation is 2. The molecule has 98 valence electrons. The summed E-state index contributed by atoms with van der Waals surface area (Å²) in [5, 5.41) is 9.76. The van der Waals surface area contributed by atoms with Crippen LogP contribution in [0.1, 0.15) is 16.7 Å². The predicted molar refractivity (Wildman–Crippen MR) is 80.3 cm³/mol. The first-order valence-electron chi connectivity index (χ1n) is 6.25. The third kappa shape index (κ3) is 1.86. The van der Waals surface area contributed by atoms with Crippen LogP contribution in [0.5, 0.6) is 0 Å². The van der Waals surface area contributed by atoms with Gasteiger partial charge in [-0.2, -0.15) is 5.26 Å². The number of imidazole rings is 1. The van der Waals surface area contributed by atoms with Crippen molar-refractivity contribution in [3.8, 4) is 11.8 Å².